The van der Waals surface area contributed by atoms with Gasteiger partial charge in [-0.15, -0.1) is 11.3 Å². The lowest BCUT2D eigenvalue weighted by Gasteiger charge is -2.21. The fourth-order valence-corrected chi connectivity index (χ4v) is 4.04. The number of nitrogens with one attached hydrogen (secondary N) is 1. The summed E-state index contributed by atoms with van der Waals surface area (Å²) in [6, 6.07) is 9.68. The summed E-state index contributed by atoms with van der Waals surface area (Å²) in [6.45, 7) is 6.26. The number of nitrogens with zero attached hydrogens (tertiary/aromatic N) is 1. The minimum absolute atomic E-state index is 0.0410. The van der Waals surface area contributed by atoms with Crippen molar-refractivity contribution in [3.8, 4) is 0 Å². The van der Waals surface area contributed by atoms with Crippen LogP contribution in [0.4, 0.5) is 5.00 Å². The maximum Gasteiger partial charge on any atom is 0.341 e. The minimum Gasteiger partial charge on any atom is -0.452 e. The van der Waals surface area contributed by atoms with Gasteiger partial charge in [-0.25, -0.2) is 4.79 Å². The van der Waals surface area contributed by atoms with Gasteiger partial charge in [-0.1, -0.05) is 30.3 Å². The fraction of sp³-hybridized carbons (Fsp3) is 0.409. The van der Waals surface area contributed by atoms with E-state index in [1.54, 1.807) is 4.90 Å². The van der Waals surface area contributed by atoms with Crippen molar-refractivity contribution < 1.29 is 19.1 Å². The van der Waals surface area contributed by atoms with E-state index in [1.165, 1.54) is 11.3 Å². The second-order valence-corrected chi connectivity index (χ2v) is 8.45. The number of anilines is 1. The average Bonchev–Trinajstić information content (AvgIpc) is 3.52. The highest BCUT2D eigenvalue weighted by Crippen LogP contribution is 2.36. The van der Waals surface area contributed by atoms with E-state index < -0.39 is 5.97 Å². The lowest BCUT2D eigenvalue weighted by molar-refractivity contribution is -0.135. The number of ether oxygens (including phenoxy) is 1. The van der Waals surface area contributed by atoms with Crippen LogP contribution in [-0.4, -0.2) is 35.8 Å². The summed E-state index contributed by atoms with van der Waals surface area (Å²) in [4.78, 5) is 40.0. The molecule has 1 aliphatic carbocycles. The summed E-state index contributed by atoms with van der Waals surface area (Å²) in [6.07, 6.45) is 1.77. The molecule has 1 saturated carbocycles. The van der Waals surface area contributed by atoms with E-state index >= 15 is 0 Å². The van der Waals surface area contributed by atoms with Crippen LogP contribution in [0.5, 0.6) is 0 Å². The molecule has 1 aromatic heterocycles. The van der Waals surface area contributed by atoms with Crippen LogP contribution in [0, 0.1) is 19.8 Å². The number of hydrogen-bond donors (Lipinski definition) is 1. The standard InChI is InChI=1S/C22H26N2O4S/c1-4-24(12-16-8-6-5-7-9-16)18(25)13-28-22(27)19-14(2)15(3)29-21(19)23-20(26)17-10-11-17/h5-9,17H,4,10-13H2,1-3H3,(H,23,26). The molecule has 1 fully saturated rings. The van der Waals surface area contributed by atoms with E-state index in [0.717, 1.165) is 28.8 Å². The summed E-state index contributed by atoms with van der Waals surface area (Å²) in [7, 11) is 0. The van der Waals surface area contributed by atoms with Gasteiger partial charge in [-0.3, -0.25) is 9.59 Å². The third-order valence-electron chi connectivity index (χ3n) is 5.05. The Kier molecular flexibility index (Phi) is 6.69. The van der Waals surface area contributed by atoms with Gasteiger partial charge in [-0.2, -0.15) is 0 Å². The monoisotopic (exact) mass is 414 g/mol. The van der Waals surface area contributed by atoms with E-state index in [-0.39, 0.29) is 24.3 Å². The molecule has 0 radical (unpaired) electrons. The summed E-state index contributed by atoms with van der Waals surface area (Å²) >= 11 is 1.36. The van der Waals surface area contributed by atoms with Crippen molar-refractivity contribution in [2.75, 3.05) is 18.5 Å². The zero-order valence-corrected chi connectivity index (χ0v) is 17.8. The Morgan fingerprint density at radius 3 is 2.48 bits per heavy atom. The van der Waals surface area contributed by atoms with Gasteiger partial charge in [0.1, 0.15) is 5.00 Å². The van der Waals surface area contributed by atoms with Crippen molar-refractivity contribution in [2.24, 2.45) is 5.92 Å². The number of carbonyl (C=O) groups is 3. The van der Waals surface area contributed by atoms with E-state index in [0.29, 0.717) is 23.7 Å². The van der Waals surface area contributed by atoms with Crippen LogP contribution in [-0.2, 0) is 20.9 Å². The maximum atomic E-state index is 12.7. The number of benzene rings is 1. The van der Waals surface area contributed by atoms with E-state index in [9.17, 15) is 14.4 Å². The molecule has 6 nitrogen and oxygen atoms in total. The molecule has 1 aromatic carbocycles. The highest BCUT2D eigenvalue weighted by molar-refractivity contribution is 7.16. The second-order valence-electron chi connectivity index (χ2n) is 7.22. The Balaban J connectivity index is 1.63. The molecule has 7 heteroatoms. The molecule has 29 heavy (non-hydrogen) atoms. The van der Waals surface area contributed by atoms with Crippen molar-refractivity contribution in [1.82, 2.24) is 4.90 Å². The van der Waals surface area contributed by atoms with Gasteiger partial charge in [0.05, 0.1) is 5.56 Å². The lowest BCUT2D eigenvalue weighted by Crippen LogP contribution is -2.34. The highest BCUT2D eigenvalue weighted by atomic mass is 32.1. The average molecular weight is 415 g/mol. The summed E-state index contributed by atoms with van der Waals surface area (Å²) in [5.41, 5.74) is 2.14. The third kappa shape index (κ3) is 5.23. The maximum absolute atomic E-state index is 12.7. The summed E-state index contributed by atoms with van der Waals surface area (Å²) in [5, 5.41) is 3.36. The Labute approximate surface area is 174 Å². The number of aryl methyl sites for hydroxylation is 1. The molecule has 2 amide bonds. The Hall–Kier alpha value is -2.67. The molecule has 0 atom stereocenters. The molecule has 154 valence electrons. The third-order valence-corrected chi connectivity index (χ3v) is 6.17. The van der Waals surface area contributed by atoms with Crippen LogP contribution in [0.2, 0.25) is 0 Å². The van der Waals surface area contributed by atoms with E-state index in [4.69, 9.17) is 4.74 Å². The number of amides is 2. The van der Waals surface area contributed by atoms with Gasteiger partial charge in [-0.05, 0) is 44.7 Å². The Morgan fingerprint density at radius 2 is 1.86 bits per heavy atom. The van der Waals surface area contributed by atoms with Crippen LogP contribution in [0.15, 0.2) is 30.3 Å². The molecule has 3 rings (SSSR count). The first-order chi connectivity index (χ1) is 13.9. The fourth-order valence-electron chi connectivity index (χ4n) is 2.99. The summed E-state index contributed by atoms with van der Waals surface area (Å²) in [5.74, 6) is -0.851. The Morgan fingerprint density at radius 1 is 1.17 bits per heavy atom. The van der Waals surface area contributed by atoms with Crippen LogP contribution in [0.25, 0.3) is 0 Å². The number of hydrogen-bond acceptors (Lipinski definition) is 5. The van der Waals surface area contributed by atoms with Crippen LogP contribution in [0.1, 0.15) is 46.1 Å². The van der Waals surface area contributed by atoms with E-state index in [2.05, 4.69) is 5.32 Å². The molecule has 2 aromatic rings. The van der Waals surface area contributed by atoms with Gasteiger partial charge < -0.3 is 15.0 Å². The van der Waals surface area contributed by atoms with Crippen LogP contribution in [0.3, 0.4) is 0 Å². The van der Waals surface area contributed by atoms with Crippen molar-refractivity contribution >= 4 is 34.1 Å². The molecular formula is C22H26N2O4S. The van der Waals surface area contributed by atoms with Crippen molar-refractivity contribution in [3.05, 3.63) is 51.9 Å². The molecule has 1 aliphatic rings. The number of thiophene rings is 1. The normalized spacial score (nSPS) is 13.1. The minimum atomic E-state index is -0.581. The first-order valence-electron chi connectivity index (χ1n) is 9.80. The number of rotatable bonds is 8. The molecular weight excluding hydrogens is 388 g/mol. The number of likely N-dealkylation sites (N-methyl/N-ethyl adjacent to an activating group) is 1. The molecule has 0 spiro atoms. The SMILES string of the molecule is CCN(Cc1ccccc1)C(=O)COC(=O)c1c(NC(=O)C2CC2)sc(C)c1C. The zero-order valence-electron chi connectivity index (χ0n) is 17.0. The number of carbonyl (C=O) groups excluding carboxylic acids is 3. The van der Waals surface area contributed by atoms with Gasteiger partial charge in [0.2, 0.25) is 5.91 Å². The topological polar surface area (TPSA) is 75.7 Å². The van der Waals surface area contributed by atoms with Gasteiger partial charge in [0.25, 0.3) is 5.91 Å². The van der Waals surface area contributed by atoms with Crippen molar-refractivity contribution in [1.29, 1.82) is 0 Å². The first-order valence-corrected chi connectivity index (χ1v) is 10.6. The van der Waals surface area contributed by atoms with Gasteiger partial charge in [0, 0.05) is 23.9 Å². The molecule has 1 heterocycles. The molecule has 0 unspecified atom stereocenters. The second kappa shape index (κ2) is 9.22. The van der Waals surface area contributed by atoms with Gasteiger partial charge >= 0.3 is 5.97 Å². The smallest absolute Gasteiger partial charge is 0.341 e. The molecule has 0 saturated heterocycles. The van der Waals surface area contributed by atoms with E-state index in [1.807, 2.05) is 51.1 Å². The molecule has 0 aliphatic heterocycles. The van der Waals surface area contributed by atoms with Gasteiger partial charge in [0.15, 0.2) is 6.61 Å². The first kappa shape index (κ1) is 21.0. The quantitative estimate of drug-likeness (QED) is 0.665. The largest absolute Gasteiger partial charge is 0.452 e. The highest BCUT2D eigenvalue weighted by Gasteiger charge is 2.32. The van der Waals surface area contributed by atoms with Crippen molar-refractivity contribution in [2.45, 2.75) is 40.2 Å². The number of esters is 1. The molecule has 0 bridgehead atoms. The summed E-state index contributed by atoms with van der Waals surface area (Å²) < 4.78 is 5.33. The van der Waals surface area contributed by atoms with Crippen LogP contribution < -0.4 is 5.32 Å². The van der Waals surface area contributed by atoms with Crippen molar-refractivity contribution in [3.63, 3.8) is 0 Å². The molecule has 1 N–H and O–H groups in total. The zero-order chi connectivity index (χ0) is 21.0. The Bertz CT molecular complexity index is 903. The predicted octanol–water partition coefficient (Wildman–Crippen LogP) is 3.92. The lowest BCUT2D eigenvalue weighted by atomic mass is 10.1. The van der Waals surface area contributed by atoms with Crippen LogP contribution >= 0.6 is 11.3 Å². The predicted molar refractivity (Wildman–Crippen MR) is 113 cm³/mol.